The summed E-state index contributed by atoms with van der Waals surface area (Å²) in [6, 6.07) is 9.75. The zero-order chi connectivity index (χ0) is 22.0. The molecule has 1 aromatic carbocycles. The molecule has 1 N–H and O–H groups in total. The SMILES string of the molecule is COc1ncc(OC)c2c(C(=O)C(=O)N3CCC(=C(Cl)c4ccccc4)CC3)c[nH]c12. The number of H-pyrrole nitrogens is 1. The van der Waals surface area contributed by atoms with Gasteiger partial charge in [-0.05, 0) is 24.0 Å². The number of ketones is 1. The van der Waals surface area contributed by atoms with Crippen molar-refractivity contribution in [1.82, 2.24) is 14.9 Å². The van der Waals surface area contributed by atoms with E-state index >= 15 is 0 Å². The molecule has 4 rings (SSSR count). The molecule has 160 valence electrons. The number of pyridine rings is 1. The van der Waals surface area contributed by atoms with E-state index in [9.17, 15) is 9.59 Å². The fourth-order valence-corrected chi connectivity index (χ4v) is 4.14. The number of carbonyl (C=O) groups is 2. The lowest BCUT2D eigenvalue weighted by atomic mass is 9.99. The highest BCUT2D eigenvalue weighted by atomic mass is 35.5. The minimum atomic E-state index is -0.598. The molecular weight excluding hydrogens is 418 g/mol. The normalized spacial score (nSPS) is 13.9. The van der Waals surface area contributed by atoms with Crippen molar-refractivity contribution < 1.29 is 19.1 Å². The Morgan fingerprint density at radius 1 is 1.10 bits per heavy atom. The van der Waals surface area contributed by atoms with Gasteiger partial charge in [-0.1, -0.05) is 41.9 Å². The maximum atomic E-state index is 13.1. The van der Waals surface area contributed by atoms with Crippen LogP contribution in [-0.4, -0.2) is 53.9 Å². The first-order chi connectivity index (χ1) is 15.0. The second-order valence-corrected chi connectivity index (χ2v) is 7.57. The van der Waals surface area contributed by atoms with Crippen LogP contribution >= 0.6 is 11.6 Å². The van der Waals surface area contributed by atoms with Gasteiger partial charge in [0, 0.05) is 24.3 Å². The number of Topliss-reactive ketones (excluding diaryl/α,β-unsaturated/α-hetero) is 1. The average Bonchev–Trinajstić information content (AvgIpc) is 3.28. The standard InChI is InChI=1S/C23H22ClN3O4/c1-30-17-13-26-22(31-2)20-18(17)16(12-25-20)21(28)23(29)27-10-8-15(9-11-27)19(24)14-6-4-3-5-7-14/h3-7,12-13,25H,8-11H2,1-2H3. The van der Waals surface area contributed by atoms with Crippen LogP contribution in [0.15, 0.2) is 48.3 Å². The van der Waals surface area contributed by atoms with E-state index < -0.39 is 11.7 Å². The number of ether oxygens (including phenoxy) is 2. The Hall–Kier alpha value is -3.32. The highest BCUT2D eigenvalue weighted by molar-refractivity contribution is 6.49. The van der Waals surface area contributed by atoms with Gasteiger partial charge in [-0.2, -0.15) is 0 Å². The van der Waals surface area contributed by atoms with Gasteiger partial charge in [0.05, 0.1) is 31.4 Å². The first-order valence-electron chi connectivity index (χ1n) is 9.89. The molecule has 3 heterocycles. The van der Waals surface area contributed by atoms with E-state index in [0.29, 0.717) is 48.5 Å². The maximum Gasteiger partial charge on any atom is 0.295 e. The molecule has 2 aromatic heterocycles. The third-order valence-electron chi connectivity index (χ3n) is 5.48. The molecule has 0 saturated carbocycles. The van der Waals surface area contributed by atoms with Crippen LogP contribution in [0.5, 0.6) is 11.6 Å². The largest absolute Gasteiger partial charge is 0.494 e. The molecule has 1 fully saturated rings. The second kappa shape index (κ2) is 8.81. The number of amides is 1. The molecule has 0 spiro atoms. The van der Waals surface area contributed by atoms with E-state index in [1.54, 1.807) is 4.90 Å². The van der Waals surface area contributed by atoms with E-state index in [-0.39, 0.29) is 5.56 Å². The predicted octanol–water partition coefficient (Wildman–Crippen LogP) is 4.04. The van der Waals surface area contributed by atoms with Crippen LogP contribution in [0.4, 0.5) is 0 Å². The lowest BCUT2D eigenvalue weighted by molar-refractivity contribution is -0.126. The van der Waals surface area contributed by atoms with Crippen molar-refractivity contribution in [1.29, 1.82) is 0 Å². The Morgan fingerprint density at radius 3 is 2.45 bits per heavy atom. The van der Waals surface area contributed by atoms with Crippen molar-refractivity contribution in [3.63, 3.8) is 0 Å². The number of nitrogens with zero attached hydrogens (tertiary/aromatic N) is 2. The number of piperidine rings is 1. The smallest absolute Gasteiger partial charge is 0.295 e. The van der Waals surface area contributed by atoms with Crippen molar-refractivity contribution in [3.8, 4) is 11.6 Å². The Kier molecular flexibility index (Phi) is 5.95. The fraction of sp³-hybridized carbons (Fsp3) is 0.261. The number of nitrogens with one attached hydrogen (secondary N) is 1. The van der Waals surface area contributed by atoms with Gasteiger partial charge in [0.15, 0.2) is 0 Å². The number of methoxy groups -OCH3 is 2. The summed E-state index contributed by atoms with van der Waals surface area (Å²) in [4.78, 5) is 34.7. The molecule has 7 nitrogen and oxygen atoms in total. The van der Waals surface area contributed by atoms with Crippen LogP contribution in [-0.2, 0) is 4.79 Å². The van der Waals surface area contributed by atoms with E-state index in [4.69, 9.17) is 21.1 Å². The number of aromatic amines is 1. The zero-order valence-electron chi connectivity index (χ0n) is 17.3. The minimum Gasteiger partial charge on any atom is -0.494 e. The first kappa shape index (κ1) is 20.9. The highest BCUT2D eigenvalue weighted by Crippen LogP contribution is 2.34. The number of hydrogen-bond acceptors (Lipinski definition) is 5. The van der Waals surface area contributed by atoms with Crippen LogP contribution < -0.4 is 9.47 Å². The molecule has 0 aliphatic carbocycles. The molecule has 31 heavy (non-hydrogen) atoms. The Bertz CT molecular complexity index is 1160. The topological polar surface area (TPSA) is 84.5 Å². The number of rotatable bonds is 5. The number of aromatic nitrogens is 2. The summed E-state index contributed by atoms with van der Waals surface area (Å²) in [5.41, 5.74) is 2.80. The molecular formula is C23H22ClN3O4. The van der Waals surface area contributed by atoms with Gasteiger partial charge >= 0.3 is 0 Å². The molecule has 1 saturated heterocycles. The summed E-state index contributed by atoms with van der Waals surface area (Å²) in [7, 11) is 2.97. The number of likely N-dealkylation sites (tertiary alicyclic amines) is 1. The molecule has 1 aliphatic rings. The van der Waals surface area contributed by atoms with Crippen LogP contribution in [0.3, 0.4) is 0 Å². The van der Waals surface area contributed by atoms with Crippen molar-refractivity contribution in [2.24, 2.45) is 0 Å². The van der Waals surface area contributed by atoms with E-state index in [1.807, 2.05) is 30.3 Å². The number of fused-ring (bicyclic) bond motifs is 1. The molecule has 1 amide bonds. The van der Waals surface area contributed by atoms with Crippen LogP contribution in [0.2, 0.25) is 0 Å². The third-order valence-corrected chi connectivity index (χ3v) is 5.97. The third kappa shape index (κ3) is 3.88. The zero-order valence-corrected chi connectivity index (χ0v) is 18.0. The lowest BCUT2D eigenvalue weighted by Gasteiger charge is -2.28. The highest BCUT2D eigenvalue weighted by Gasteiger charge is 2.30. The van der Waals surface area contributed by atoms with Gasteiger partial charge in [-0.3, -0.25) is 9.59 Å². The number of carbonyl (C=O) groups excluding carboxylic acids is 2. The molecule has 8 heteroatoms. The Balaban J connectivity index is 1.54. The average molecular weight is 440 g/mol. The number of halogens is 1. The summed E-state index contributed by atoms with van der Waals surface area (Å²) >= 11 is 6.56. The summed E-state index contributed by atoms with van der Waals surface area (Å²) in [5.74, 6) is -0.426. The summed E-state index contributed by atoms with van der Waals surface area (Å²) in [6.07, 6.45) is 4.22. The summed E-state index contributed by atoms with van der Waals surface area (Å²) in [5, 5.41) is 1.21. The molecule has 0 unspecified atom stereocenters. The van der Waals surface area contributed by atoms with Gasteiger partial charge in [0.2, 0.25) is 5.88 Å². The summed E-state index contributed by atoms with van der Waals surface area (Å²) < 4.78 is 10.6. The van der Waals surface area contributed by atoms with E-state index in [1.165, 1.54) is 26.6 Å². The van der Waals surface area contributed by atoms with Gasteiger partial charge in [-0.15, -0.1) is 0 Å². The lowest BCUT2D eigenvalue weighted by Crippen LogP contribution is -2.40. The fourth-order valence-electron chi connectivity index (χ4n) is 3.83. The Morgan fingerprint density at radius 2 is 1.81 bits per heavy atom. The summed E-state index contributed by atoms with van der Waals surface area (Å²) in [6.45, 7) is 0.876. The first-order valence-corrected chi connectivity index (χ1v) is 10.3. The van der Waals surface area contributed by atoms with Crippen molar-refractivity contribution in [2.45, 2.75) is 12.8 Å². The number of hydrogen-bond donors (Lipinski definition) is 1. The van der Waals surface area contributed by atoms with Gasteiger partial charge in [0.1, 0.15) is 11.3 Å². The molecule has 1 aliphatic heterocycles. The van der Waals surface area contributed by atoms with Crippen molar-refractivity contribution in [3.05, 3.63) is 59.4 Å². The predicted molar refractivity (Wildman–Crippen MR) is 119 cm³/mol. The Labute approximate surface area is 184 Å². The van der Waals surface area contributed by atoms with Crippen LogP contribution in [0.1, 0.15) is 28.8 Å². The maximum absolute atomic E-state index is 13.1. The van der Waals surface area contributed by atoms with Crippen molar-refractivity contribution in [2.75, 3.05) is 27.3 Å². The second-order valence-electron chi connectivity index (χ2n) is 7.19. The minimum absolute atomic E-state index is 0.237. The van der Waals surface area contributed by atoms with Gasteiger partial charge in [-0.25, -0.2) is 4.98 Å². The monoisotopic (exact) mass is 439 g/mol. The molecule has 0 atom stereocenters. The van der Waals surface area contributed by atoms with E-state index in [2.05, 4.69) is 9.97 Å². The quantitative estimate of drug-likeness (QED) is 0.479. The molecule has 0 radical (unpaired) electrons. The van der Waals surface area contributed by atoms with Crippen LogP contribution in [0.25, 0.3) is 15.9 Å². The molecule has 0 bridgehead atoms. The molecule has 3 aromatic rings. The van der Waals surface area contributed by atoms with Crippen LogP contribution in [0, 0.1) is 0 Å². The van der Waals surface area contributed by atoms with Crippen molar-refractivity contribution >= 4 is 39.2 Å². The van der Waals surface area contributed by atoms with Gasteiger partial charge in [0.25, 0.3) is 11.7 Å². The van der Waals surface area contributed by atoms with Gasteiger partial charge < -0.3 is 19.4 Å². The van der Waals surface area contributed by atoms with E-state index in [0.717, 1.165) is 16.2 Å². The number of benzene rings is 1.